The van der Waals surface area contributed by atoms with Crippen LogP contribution in [0.2, 0.25) is 0 Å². The zero-order valence-electron chi connectivity index (χ0n) is 11.4. The molecule has 0 amide bonds. The van der Waals surface area contributed by atoms with Gasteiger partial charge >= 0.3 is 5.97 Å². The monoisotopic (exact) mass is 276 g/mol. The highest BCUT2D eigenvalue weighted by molar-refractivity contribution is 5.71. The molecule has 1 aromatic rings. The Morgan fingerprint density at radius 3 is 2.75 bits per heavy atom. The van der Waals surface area contributed by atoms with Crippen molar-refractivity contribution < 1.29 is 9.90 Å². The Bertz CT molecular complexity index is 504. The molecule has 2 atom stereocenters. The second kappa shape index (κ2) is 5.36. The van der Waals surface area contributed by atoms with Crippen LogP contribution in [0.5, 0.6) is 0 Å². The fourth-order valence-electron chi connectivity index (χ4n) is 2.75. The predicted molar refractivity (Wildman–Crippen MR) is 74.6 cm³/mol. The number of nitrogens with zero attached hydrogens (tertiary/aromatic N) is 3. The summed E-state index contributed by atoms with van der Waals surface area (Å²) in [5, 5.41) is 9.27. The lowest BCUT2D eigenvalue weighted by molar-refractivity contribution is -0.141. The van der Waals surface area contributed by atoms with Crippen LogP contribution < -0.4 is 10.6 Å². The average molecular weight is 276 g/mol. The first kappa shape index (κ1) is 13.3. The van der Waals surface area contributed by atoms with Crippen LogP contribution in [0.15, 0.2) is 12.4 Å². The molecule has 3 N–H and O–H groups in total. The molecular formula is C14H20N4O2. The SMILES string of the molecule is N[C@@H]1CC[C@H](C(=O)O)CN(c2cc(C3CC3)ncn2)C1. The molecule has 20 heavy (non-hydrogen) atoms. The van der Waals surface area contributed by atoms with Gasteiger partial charge in [0.1, 0.15) is 12.1 Å². The van der Waals surface area contributed by atoms with Crippen LogP contribution in [-0.2, 0) is 4.79 Å². The van der Waals surface area contributed by atoms with E-state index in [1.165, 1.54) is 12.8 Å². The first-order chi connectivity index (χ1) is 9.63. The molecule has 1 saturated heterocycles. The van der Waals surface area contributed by atoms with Gasteiger partial charge in [0, 0.05) is 36.8 Å². The topological polar surface area (TPSA) is 92.3 Å². The van der Waals surface area contributed by atoms with E-state index in [-0.39, 0.29) is 12.0 Å². The fraction of sp³-hybridized carbons (Fsp3) is 0.643. The van der Waals surface area contributed by atoms with E-state index in [4.69, 9.17) is 5.73 Å². The summed E-state index contributed by atoms with van der Waals surface area (Å²) in [6.45, 7) is 1.13. The first-order valence-corrected chi connectivity index (χ1v) is 7.18. The molecule has 6 heteroatoms. The maximum Gasteiger partial charge on any atom is 0.308 e. The van der Waals surface area contributed by atoms with Crippen molar-refractivity contribution in [3.05, 3.63) is 18.1 Å². The zero-order valence-corrected chi connectivity index (χ0v) is 11.4. The number of rotatable bonds is 3. The van der Waals surface area contributed by atoms with Crippen LogP contribution in [0.25, 0.3) is 0 Å². The number of aliphatic carboxylic acids is 1. The zero-order chi connectivity index (χ0) is 14.1. The minimum absolute atomic E-state index is 0.00121. The summed E-state index contributed by atoms with van der Waals surface area (Å²) >= 11 is 0. The molecule has 0 spiro atoms. The lowest BCUT2D eigenvalue weighted by Crippen LogP contribution is -2.38. The van der Waals surface area contributed by atoms with Crippen molar-refractivity contribution >= 4 is 11.8 Å². The number of carbonyl (C=O) groups is 1. The summed E-state index contributed by atoms with van der Waals surface area (Å²) in [4.78, 5) is 21.9. The van der Waals surface area contributed by atoms with Crippen LogP contribution in [0.1, 0.15) is 37.3 Å². The quantitative estimate of drug-likeness (QED) is 0.855. The maximum atomic E-state index is 11.3. The van der Waals surface area contributed by atoms with Crippen LogP contribution in [-0.4, -0.2) is 40.2 Å². The summed E-state index contributed by atoms with van der Waals surface area (Å²) in [6, 6.07) is 1.99. The summed E-state index contributed by atoms with van der Waals surface area (Å²) in [5.41, 5.74) is 7.13. The number of carboxylic acids is 1. The van der Waals surface area contributed by atoms with Gasteiger partial charge < -0.3 is 15.7 Å². The molecule has 1 saturated carbocycles. The molecule has 1 aliphatic heterocycles. The molecule has 0 radical (unpaired) electrons. The van der Waals surface area contributed by atoms with Crippen molar-refractivity contribution in [2.24, 2.45) is 11.7 Å². The normalized spacial score (nSPS) is 27.1. The number of carboxylic acid groups (broad SMARTS) is 1. The molecule has 3 rings (SSSR count). The molecule has 108 valence electrons. The van der Waals surface area contributed by atoms with Gasteiger partial charge in [-0.2, -0.15) is 0 Å². The van der Waals surface area contributed by atoms with E-state index in [1.807, 2.05) is 11.0 Å². The van der Waals surface area contributed by atoms with Crippen LogP contribution >= 0.6 is 0 Å². The molecule has 2 heterocycles. The molecule has 6 nitrogen and oxygen atoms in total. The molecule has 1 aliphatic carbocycles. The lowest BCUT2D eigenvalue weighted by Gasteiger charge is -2.25. The molecule has 0 unspecified atom stereocenters. The maximum absolute atomic E-state index is 11.3. The molecule has 0 bridgehead atoms. The number of anilines is 1. The lowest BCUT2D eigenvalue weighted by atomic mass is 10.0. The molecule has 1 aromatic heterocycles. The second-order valence-electron chi connectivity index (χ2n) is 5.85. The van der Waals surface area contributed by atoms with E-state index < -0.39 is 5.97 Å². The highest BCUT2D eigenvalue weighted by Crippen LogP contribution is 2.39. The van der Waals surface area contributed by atoms with Gasteiger partial charge in [-0.25, -0.2) is 9.97 Å². The van der Waals surface area contributed by atoms with Gasteiger partial charge in [0.05, 0.1) is 5.92 Å². The van der Waals surface area contributed by atoms with E-state index >= 15 is 0 Å². The van der Waals surface area contributed by atoms with E-state index in [0.29, 0.717) is 25.4 Å². The van der Waals surface area contributed by atoms with Gasteiger partial charge in [0.2, 0.25) is 0 Å². The number of hydrogen-bond donors (Lipinski definition) is 2. The van der Waals surface area contributed by atoms with Crippen molar-refractivity contribution in [3.8, 4) is 0 Å². The summed E-state index contributed by atoms with van der Waals surface area (Å²) < 4.78 is 0. The van der Waals surface area contributed by atoms with E-state index in [2.05, 4.69) is 9.97 Å². The minimum Gasteiger partial charge on any atom is -0.481 e. The Balaban J connectivity index is 1.82. The highest BCUT2D eigenvalue weighted by Gasteiger charge is 2.29. The molecule has 2 fully saturated rings. The standard InChI is InChI=1S/C14H20N4O2/c15-11-4-3-10(14(19)20)6-18(7-11)13-5-12(9-1-2-9)16-8-17-13/h5,8-11H,1-4,6-7,15H2,(H,19,20)/t10-,11+/m0/s1. The summed E-state index contributed by atoms with van der Waals surface area (Å²) in [7, 11) is 0. The summed E-state index contributed by atoms with van der Waals surface area (Å²) in [5.74, 6) is 0.252. The van der Waals surface area contributed by atoms with Gasteiger partial charge in [-0.05, 0) is 25.7 Å². The highest BCUT2D eigenvalue weighted by atomic mass is 16.4. The number of hydrogen-bond acceptors (Lipinski definition) is 5. The van der Waals surface area contributed by atoms with Gasteiger partial charge in [0.25, 0.3) is 0 Å². The van der Waals surface area contributed by atoms with E-state index in [1.54, 1.807) is 6.33 Å². The predicted octanol–water partition coefficient (Wildman–Crippen LogP) is 0.982. The second-order valence-corrected chi connectivity index (χ2v) is 5.85. The van der Waals surface area contributed by atoms with Gasteiger partial charge in [0.15, 0.2) is 0 Å². The fourth-order valence-corrected chi connectivity index (χ4v) is 2.75. The third kappa shape index (κ3) is 2.90. The van der Waals surface area contributed by atoms with E-state index in [0.717, 1.165) is 17.9 Å². The largest absolute Gasteiger partial charge is 0.481 e. The Kier molecular flexibility index (Phi) is 3.56. The Morgan fingerprint density at radius 1 is 1.25 bits per heavy atom. The van der Waals surface area contributed by atoms with Gasteiger partial charge in [-0.15, -0.1) is 0 Å². The Hall–Kier alpha value is -1.69. The molecule has 2 aliphatic rings. The Morgan fingerprint density at radius 2 is 2.05 bits per heavy atom. The van der Waals surface area contributed by atoms with Crippen molar-refractivity contribution in [2.75, 3.05) is 18.0 Å². The van der Waals surface area contributed by atoms with Crippen molar-refractivity contribution in [2.45, 2.75) is 37.6 Å². The van der Waals surface area contributed by atoms with Crippen molar-refractivity contribution in [3.63, 3.8) is 0 Å². The van der Waals surface area contributed by atoms with Gasteiger partial charge in [-0.3, -0.25) is 4.79 Å². The smallest absolute Gasteiger partial charge is 0.308 e. The number of nitrogens with two attached hydrogens (primary N) is 1. The van der Waals surface area contributed by atoms with Crippen LogP contribution in [0.4, 0.5) is 5.82 Å². The number of aromatic nitrogens is 2. The van der Waals surface area contributed by atoms with E-state index in [9.17, 15) is 9.90 Å². The van der Waals surface area contributed by atoms with Crippen LogP contribution in [0.3, 0.4) is 0 Å². The third-order valence-electron chi connectivity index (χ3n) is 4.12. The van der Waals surface area contributed by atoms with Crippen molar-refractivity contribution in [1.82, 2.24) is 9.97 Å². The van der Waals surface area contributed by atoms with Gasteiger partial charge in [-0.1, -0.05) is 0 Å². The molecule has 0 aromatic carbocycles. The minimum atomic E-state index is -0.749. The Labute approximate surface area is 118 Å². The average Bonchev–Trinajstić information content (AvgIpc) is 3.25. The van der Waals surface area contributed by atoms with Crippen LogP contribution in [0, 0.1) is 5.92 Å². The third-order valence-corrected chi connectivity index (χ3v) is 4.12. The summed E-state index contributed by atoms with van der Waals surface area (Å²) in [6.07, 6.45) is 5.33. The first-order valence-electron chi connectivity index (χ1n) is 7.18. The molecular weight excluding hydrogens is 256 g/mol. The van der Waals surface area contributed by atoms with Crippen molar-refractivity contribution in [1.29, 1.82) is 0 Å².